The lowest BCUT2D eigenvalue weighted by Crippen LogP contribution is -2.04. The highest BCUT2D eigenvalue weighted by Crippen LogP contribution is 2.20. The molecule has 0 aliphatic rings. The second-order valence-corrected chi connectivity index (χ2v) is 3.96. The summed E-state index contributed by atoms with van der Waals surface area (Å²) in [6.07, 6.45) is 0. The van der Waals surface area contributed by atoms with Crippen molar-refractivity contribution < 1.29 is 27.8 Å². The van der Waals surface area contributed by atoms with E-state index >= 15 is 0 Å². The molecule has 2 aromatic rings. The maximum atomic E-state index is 13.0. The molecule has 0 atom stereocenters. The monoisotopic (exact) mass is 282 g/mol. The molecule has 1 N–H and O–H groups in total. The van der Waals surface area contributed by atoms with E-state index in [1.807, 2.05) is 0 Å². The third-order valence-electron chi connectivity index (χ3n) is 2.56. The topological polar surface area (TPSA) is 46.5 Å². The molecule has 0 aromatic heterocycles. The minimum absolute atomic E-state index is 0.0570. The van der Waals surface area contributed by atoms with Crippen molar-refractivity contribution >= 4 is 5.97 Å². The zero-order valence-corrected chi connectivity index (χ0v) is 10.1. The van der Waals surface area contributed by atoms with Crippen molar-refractivity contribution in [3.05, 3.63) is 65.0 Å². The Kier molecular flexibility index (Phi) is 3.93. The van der Waals surface area contributed by atoms with Gasteiger partial charge in [0.2, 0.25) is 0 Å². The molecule has 0 aliphatic heterocycles. The van der Waals surface area contributed by atoms with Crippen LogP contribution in [0.15, 0.2) is 36.4 Å². The molecule has 0 bridgehead atoms. The number of hydrogen-bond acceptors (Lipinski definition) is 2. The molecule has 0 heterocycles. The van der Waals surface area contributed by atoms with Crippen LogP contribution in [-0.2, 0) is 6.61 Å². The number of carboxylic acids is 1. The molecule has 0 saturated heterocycles. The summed E-state index contributed by atoms with van der Waals surface area (Å²) in [6.45, 7) is -0.279. The van der Waals surface area contributed by atoms with Crippen molar-refractivity contribution in [1.29, 1.82) is 0 Å². The fourth-order valence-corrected chi connectivity index (χ4v) is 1.62. The van der Waals surface area contributed by atoms with E-state index in [9.17, 15) is 18.0 Å². The lowest BCUT2D eigenvalue weighted by Gasteiger charge is -2.09. The molecule has 3 nitrogen and oxygen atoms in total. The van der Waals surface area contributed by atoms with Crippen LogP contribution in [0.25, 0.3) is 0 Å². The van der Waals surface area contributed by atoms with Crippen LogP contribution >= 0.6 is 0 Å². The standard InChI is InChI=1S/C14H9F3O3/c15-10-5-8(6-11(16)13(10)17)7-20-12-4-2-1-3-9(12)14(18)19/h1-6H,7H2,(H,18,19). The lowest BCUT2D eigenvalue weighted by atomic mass is 10.2. The number of aromatic carboxylic acids is 1. The Labute approximate surface area is 112 Å². The fraction of sp³-hybridized carbons (Fsp3) is 0.0714. The van der Waals surface area contributed by atoms with Gasteiger partial charge in [0.25, 0.3) is 0 Å². The first-order chi connectivity index (χ1) is 9.49. The Bertz CT molecular complexity index is 633. The Balaban J connectivity index is 2.19. The number of carbonyl (C=O) groups is 1. The molecule has 104 valence electrons. The molecule has 0 aliphatic carbocycles. The summed E-state index contributed by atoms with van der Waals surface area (Å²) < 4.78 is 44.0. The Hall–Kier alpha value is -2.50. The first kappa shape index (κ1) is 13.9. The molecule has 2 aromatic carbocycles. The highest BCUT2D eigenvalue weighted by atomic mass is 19.2. The highest BCUT2D eigenvalue weighted by Gasteiger charge is 2.13. The van der Waals surface area contributed by atoms with Crippen molar-refractivity contribution in [2.24, 2.45) is 0 Å². The summed E-state index contributed by atoms with van der Waals surface area (Å²) in [6, 6.07) is 7.42. The fourth-order valence-electron chi connectivity index (χ4n) is 1.62. The third-order valence-corrected chi connectivity index (χ3v) is 2.56. The first-order valence-corrected chi connectivity index (χ1v) is 5.57. The molecule has 0 saturated carbocycles. The third kappa shape index (κ3) is 2.90. The smallest absolute Gasteiger partial charge is 0.339 e. The summed E-state index contributed by atoms with van der Waals surface area (Å²) >= 11 is 0. The number of hydrogen-bond donors (Lipinski definition) is 1. The van der Waals surface area contributed by atoms with Gasteiger partial charge in [0.05, 0.1) is 0 Å². The van der Waals surface area contributed by atoms with E-state index in [1.54, 1.807) is 6.07 Å². The quantitative estimate of drug-likeness (QED) is 0.874. The van der Waals surface area contributed by atoms with Gasteiger partial charge in [-0.3, -0.25) is 0 Å². The summed E-state index contributed by atoms with van der Waals surface area (Å²) in [4.78, 5) is 10.9. The molecular weight excluding hydrogens is 273 g/mol. The van der Waals surface area contributed by atoms with Crippen LogP contribution in [0.5, 0.6) is 5.75 Å². The van der Waals surface area contributed by atoms with Crippen LogP contribution in [0, 0.1) is 17.5 Å². The number of ether oxygens (including phenoxy) is 1. The van der Waals surface area contributed by atoms with Crippen LogP contribution in [0.4, 0.5) is 13.2 Å². The average molecular weight is 282 g/mol. The van der Waals surface area contributed by atoms with E-state index in [1.165, 1.54) is 18.2 Å². The number of halogens is 3. The van der Waals surface area contributed by atoms with Crippen LogP contribution in [0.1, 0.15) is 15.9 Å². The first-order valence-electron chi connectivity index (χ1n) is 5.57. The highest BCUT2D eigenvalue weighted by molar-refractivity contribution is 5.90. The molecule has 0 fully saturated rings. The van der Waals surface area contributed by atoms with Gasteiger partial charge in [0.15, 0.2) is 17.5 Å². The van der Waals surface area contributed by atoms with E-state index in [4.69, 9.17) is 9.84 Å². The van der Waals surface area contributed by atoms with Gasteiger partial charge >= 0.3 is 5.97 Å². The van der Waals surface area contributed by atoms with Gasteiger partial charge in [0.1, 0.15) is 17.9 Å². The van der Waals surface area contributed by atoms with Crippen LogP contribution in [0.2, 0.25) is 0 Å². The number of para-hydroxylation sites is 1. The Morgan fingerprint density at radius 1 is 1.10 bits per heavy atom. The van der Waals surface area contributed by atoms with Crippen LogP contribution in [-0.4, -0.2) is 11.1 Å². The molecular formula is C14H9F3O3. The zero-order chi connectivity index (χ0) is 14.7. The summed E-state index contributed by atoms with van der Waals surface area (Å²) in [5, 5.41) is 8.94. The van der Waals surface area contributed by atoms with Crippen molar-refractivity contribution in [3.8, 4) is 5.75 Å². The molecule has 2 rings (SSSR count). The van der Waals surface area contributed by atoms with Crippen molar-refractivity contribution in [3.63, 3.8) is 0 Å². The van der Waals surface area contributed by atoms with Crippen LogP contribution < -0.4 is 4.74 Å². The van der Waals surface area contributed by atoms with Gasteiger partial charge in [-0.25, -0.2) is 18.0 Å². The molecule has 0 amide bonds. The maximum absolute atomic E-state index is 13.0. The van der Waals surface area contributed by atoms with E-state index in [0.717, 1.165) is 12.1 Å². The molecule has 0 radical (unpaired) electrons. The predicted octanol–water partition coefficient (Wildman–Crippen LogP) is 3.38. The second kappa shape index (κ2) is 5.64. The largest absolute Gasteiger partial charge is 0.488 e. The van der Waals surface area contributed by atoms with Gasteiger partial charge in [-0.05, 0) is 29.8 Å². The van der Waals surface area contributed by atoms with Gasteiger partial charge < -0.3 is 9.84 Å². The SMILES string of the molecule is O=C(O)c1ccccc1OCc1cc(F)c(F)c(F)c1. The minimum atomic E-state index is -1.56. The van der Waals surface area contributed by atoms with Gasteiger partial charge in [-0.15, -0.1) is 0 Å². The van der Waals surface area contributed by atoms with Gasteiger partial charge in [0, 0.05) is 0 Å². The second-order valence-electron chi connectivity index (χ2n) is 3.96. The Morgan fingerprint density at radius 3 is 2.30 bits per heavy atom. The van der Waals surface area contributed by atoms with Crippen molar-refractivity contribution in [2.45, 2.75) is 6.61 Å². The maximum Gasteiger partial charge on any atom is 0.339 e. The van der Waals surface area contributed by atoms with E-state index in [-0.39, 0.29) is 23.5 Å². The lowest BCUT2D eigenvalue weighted by molar-refractivity contribution is 0.0691. The van der Waals surface area contributed by atoms with Crippen molar-refractivity contribution in [2.75, 3.05) is 0 Å². The van der Waals surface area contributed by atoms with Gasteiger partial charge in [-0.1, -0.05) is 12.1 Å². The van der Waals surface area contributed by atoms with Gasteiger partial charge in [-0.2, -0.15) is 0 Å². The molecule has 0 unspecified atom stereocenters. The van der Waals surface area contributed by atoms with E-state index in [2.05, 4.69) is 0 Å². The molecule has 0 spiro atoms. The number of benzene rings is 2. The van der Waals surface area contributed by atoms with E-state index < -0.39 is 23.4 Å². The normalized spacial score (nSPS) is 10.3. The van der Waals surface area contributed by atoms with Crippen molar-refractivity contribution in [1.82, 2.24) is 0 Å². The minimum Gasteiger partial charge on any atom is -0.488 e. The molecule has 6 heteroatoms. The van der Waals surface area contributed by atoms with Crippen LogP contribution in [0.3, 0.4) is 0 Å². The summed E-state index contributed by atoms with van der Waals surface area (Å²) in [7, 11) is 0. The number of rotatable bonds is 4. The predicted molar refractivity (Wildman–Crippen MR) is 64.0 cm³/mol. The summed E-state index contributed by atoms with van der Waals surface area (Å²) in [5.74, 6) is -5.33. The summed E-state index contributed by atoms with van der Waals surface area (Å²) in [5.41, 5.74) is -0.0165. The van der Waals surface area contributed by atoms with E-state index in [0.29, 0.717) is 0 Å². The molecule has 20 heavy (non-hydrogen) atoms. The Morgan fingerprint density at radius 2 is 1.70 bits per heavy atom. The average Bonchev–Trinajstić information content (AvgIpc) is 2.42. The number of carboxylic acid groups (broad SMARTS) is 1. The zero-order valence-electron chi connectivity index (χ0n) is 10.1.